The Morgan fingerprint density at radius 2 is 1.47 bits per heavy atom. The third-order valence-electron chi connectivity index (χ3n) is 1.94. The van der Waals surface area contributed by atoms with Gasteiger partial charge in [-0.2, -0.15) is 0 Å². The molecule has 1 aromatic rings. The molecular weight excluding hydrogens is 208 g/mol. The van der Waals surface area contributed by atoms with E-state index in [0.717, 1.165) is 5.56 Å². The van der Waals surface area contributed by atoms with Gasteiger partial charge in [0.05, 0.1) is 0 Å². The lowest BCUT2D eigenvalue weighted by Crippen LogP contribution is -2.41. The summed E-state index contributed by atoms with van der Waals surface area (Å²) in [6, 6.07) is 9.65. The molecule has 4 heteroatoms. The van der Waals surface area contributed by atoms with E-state index in [4.69, 9.17) is 13.3 Å². The van der Waals surface area contributed by atoms with Crippen molar-refractivity contribution in [1.29, 1.82) is 0 Å². The van der Waals surface area contributed by atoms with Crippen LogP contribution in [0.15, 0.2) is 30.3 Å². The summed E-state index contributed by atoms with van der Waals surface area (Å²) in [5.41, 5.74) is 3.84. The summed E-state index contributed by atoms with van der Waals surface area (Å²) in [4.78, 5) is 0. The second kappa shape index (κ2) is 5.68. The molecule has 0 bridgehead atoms. The Morgan fingerprint density at radius 3 is 1.93 bits per heavy atom. The van der Waals surface area contributed by atoms with Crippen molar-refractivity contribution in [3.05, 3.63) is 35.9 Å². The van der Waals surface area contributed by atoms with Crippen molar-refractivity contribution in [1.82, 2.24) is 0 Å². The minimum atomic E-state index is -2.76. The van der Waals surface area contributed by atoms with Crippen molar-refractivity contribution in [3.8, 4) is 11.5 Å². The molecule has 0 heterocycles. The van der Waals surface area contributed by atoms with Crippen molar-refractivity contribution >= 4 is 8.80 Å². The minimum Gasteiger partial charge on any atom is -0.367 e. The molecule has 0 aromatic heterocycles. The average molecular weight is 222 g/mol. The fourth-order valence-electron chi connectivity index (χ4n) is 1.07. The fraction of sp³-hybridized carbons (Fsp3) is 0.273. The summed E-state index contributed by atoms with van der Waals surface area (Å²) in [5, 5.41) is 0. The number of hydrogen-bond donors (Lipinski definition) is 0. The topological polar surface area (TPSA) is 27.7 Å². The number of benzene rings is 1. The summed E-state index contributed by atoms with van der Waals surface area (Å²) in [6.45, 7) is 0. The quantitative estimate of drug-likeness (QED) is 0.572. The molecule has 0 radical (unpaired) electrons. The van der Waals surface area contributed by atoms with Gasteiger partial charge in [-0.3, -0.25) is 0 Å². The lowest BCUT2D eigenvalue weighted by atomic mass is 10.2. The second-order valence-electron chi connectivity index (χ2n) is 2.78. The van der Waals surface area contributed by atoms with Gasteiger partial charge >= 0.3 is 8.80 Å². The van der Waals surface area contributed by atoms with Gasteiger partial charge in [-0.05, 0) is 17.7 Å². The zero-order valence-electron chi connectivity index (χ0n) is 9.11. The van der Waals surface area contributed by atoms with E-state index in [1.165, 1.54) is 0 Å². The lowest BCUT2D eigenvalue weighted by molar-refractivity contribution is 0.141. The number of rotatable bonds is 3. The highest BCUT2D eigenvalue weighted by Gasteiger charge is 2.36. The predicted molar refractivity (Wildman–Crippen MR) is 60.1 cm³/mol. The molecule has 15 heavy (non-hydrogen) atoms. The first-order chi connectivity index (χ1) is 7.26. The van der Waals surface area contributed by atoms with E-state index in [1.54, 1.807) is 21.3 Å². The van der Waals surface area contributed by atoms with Gasteiger partial charge in [0.1, 0.15) is 0 Å². The molecule has 0 amide bonds. The van der Waals surface area contributed by atoms with Gasteiger partial charge < -0.3 is 13.3 Å². The van der Waals surface area contributed by atoms with E-state index >= 15 is 0 Å². The van der Waals surface area contributed by atoms with Gasteiger partial charge in [0.15, 0.2) is 0 Å². The summed E-state index contributed by atoms with van der Waals surface area (Å²) in [7, 11) is 1.86. The molecule has 0 aliphatic carbocycles. The SMILES string of the molecule is CO[Si](C#Cc1ccccc1)(OC)OC. The molecule has 1 rings (SSSR count). The predicted octanol–water partition coefficient (Wildman–Crippen LogP) is 1.46. The molecule has 0 aliphatic rings. The first kappa shape index (κ1) is 11.9. The molecule has 0 saturated heterocycles. The Bertz CT molecular complexity index is 341. The molecule has 1 aromatic carbocycles. The minimum absolute atomic E-state index is 0.917. The maximum Gasteiger partial charge on any atom is 0.591 e. The van der Waals surface area contributed by atoms with Crippen molar-refractivity contribution in [2.75, 3.05) is 21.3 Å². The Labute approximate surface area is 91.3 Å². The largest absolute Gasteiger partial charge is 0.591 e. The van der Waals surface area contributed by atoms with Gasteiger partial charge in [0.25, 0.3) is 0 Å². The highest BCUT2D eigenvalue weighted by molar-refractivity contribution is 6.69. The highest BCUT2D eigenvalue weighted by Crippen LogP contribution is 2.04. The van der Waals surface area contributed by atoms with Gasteiger partial charge in [0.2, 0.25) is 0 Å². The van der Waals surface area contributed by atoms with Crippen LogP contribution in [-0.4, -0.2) is 30.1 Å². The van der Waals surface area contributed by atoms with Crippen molar-refractivity contribution in [2.45, 2.75) is 0 Å². The monoisotopic (exact) mass is 222 g/mol. The molecular formula is C11H14O3Si. The van der Waals surface area contributed by atoms with Crippen LogP contribution in [0.3, 0.4) is 0 Å². The van der Waals surface area contributed by atoms with Crippen LogP contribution >= 0.6 is 0 Å². The summed E-state index contributed by atoms with van der Waals surface area (Å²) < 4.78 is 15.5. The third-order valence-corrected chi connectivity index (χ3v) is 3.98. The summed E-state index contributed by atoms with van der Waals surface area (Å²) in [5.74, 6) is 2.98. The van der Waals surface area contributed by atoms with E-state index in [1.807, 2.05) is 30.3 Å². The molecule has 0 atom stereocenters. The van der Waals surface area contributed by atoms with E-state index in [0.29, 0.717) is 0 Å². The Kier molecular flexibility index (Phi) is 4.53. The molecule has 0 fully saturated rings. The van der Waals surface area contributed by atoms with Gasteiger partial charge in [-0.15, -0.1) is 0 Å². The highest BCUT2D eigenvalue weighted by atomic mass is 28.4. The molecule has 0 spiro atoms. The van der Waals surface area contributed by atoms with E-state index < -0.39 is 8.80 Å². The average Bonchev–Trinajstić information content (AvgIpc) is 2.33. The van der Waals surface area contributed by atoms with Crippen LogP contribution in [0.5, 0.6) is 0 Å². The first-order valence-corrected chi connectivity index (χ1v) is 6.22. The van der Waals surface area contributed by atoms with Crippen LogP contribution in [0.1, 0.15) is 5.56 Å². The molecule has 0 unspecified atom stereocenters. The van der Waals surface area contributed by atoms with Crippen LogP contribution in [0.2, 0.25) is 0 Å². The van der Waals surface area contributed by atoms with Crippen LogP contribution < -0.4 is 0 Å². The van der Waals surface area contributed by atoms with Crippen molar-refractivity contribution in [3.63, 3.8) is 0 Å². The fourth-order valence-corrected chi connectivity index (χ4v) is 2.18. The maximum atomic E-state index is 5.18. The van der Waals surface area contributed by atoms with Gasteiger partial charge in [-0.25, -0.2) is 0 Å². The Morgan fingerprint density at radius 1 is 0.933 bits per heavy atom. The van der Waals surface area contributed by atoms with Crippen molar-refractivity contribution < 1.29 is 13.3 Å². The van der Waals surface area contributed by atoms with Gasteiger partial charge in [0, 0.05) is 26.9 Å². The molecule has 0 saturated carbocycles. The normalized spacial score (nSPS) is 10.6. The van der Waals surface area contributed by atoms with Crippen LogP contribution in [-0.2, 0) is 13.3 Å². The lowest BCUT2D eigenvalue weighted by Gasteiger charge is -2.17. The van der Waals surface area contributed by atoms with Crippen LogP contribution in [0.4, 0.5) is 0 Å². The first-order valence-electron chi connectivity index (χ1n) is 4.50. The van der Waals surface area contributed by atoms with Crippen LogP contribution in [0.25, 0.3) is 0 Å². The Balaban J connectivity index is 2.88. The second-order valence-corrected chi connectivity index (χ2v) is 5.37. The smallest absolute Gasteiger partial charge is 0.367 e. The maximum absolute atomic E-state index is 5.18. The van der Waals surface area contributed by atoms with E-state index in [2.05, 4.69) is 11.5 Å². The standard InChI is InChI=1S/C11H14O3Si/c1-12-15(13-2,14-3)10-9-11-7-5-4-6-8-11/h4-8H,1-3H3. The molecule has 80 valence electrons. The molecule has 0 N–H and O–H groups in total. The van der Waals surface area contributed by atoms with E-state index in [-0.39, 0.29) is 0 Å². The molecule has 0 aliphatic heterocycles. The summed E-state index contributed by atoms with van der Waals surface area (Å²) >= 11 is 0. The zero-order chi connectivity index (χ0) is 11.1. The Hall–Kier alpha value is -1.12. The summed E-state index contributed by atoms with van der Waals surface area (Å²) in [6.07, 6.45) is 0. The van der Waals surface area contributed by atoms with Gasteiger partial charge in [-0.1, -0.05) is 24.1 Å². The van der Waals surface area contributed by atoms with Crippen molar-refractivity contribution in [2.24, 2.45) is 0 Å². The van der Waals surface area contributed by atoms with Crippen LogP contribution in [0, 0.1) is 11.5 Å². The molecule has 3 nitrogen and oxygen atoms in total. The zero-order valence-corrected chi connectivity index (χ0v) is 10.1. The third kappa shape index (κ3) is 3.18. The van der Waals surface area contributed by atoms with E-state index in [9.17, 15) is 0 Å². The number of hydrogen-bond acceptors (Lipinski definition) is 3.